The van der Waals surface area contributed by atoms with Crippen LogP contribution in [0.5, 0.6) is 0 Å². The lowest BCUT2D eigenvalue weighted by Gasteiger charge is -2.26. The summed E-state index contributed by atoms with van der Waals surface area (Å²) in [6.45, 7) is 6.80. The molecule has 1 N–H and O–H groups in total. The minimum absolute atomic E-state index is 0.109. The number of para-hydroxylation sites is 1. The van der Waals surface area contributed by atoms with E-state index >= 15 is 0 Å². The lowest BCUT2D eigenvalue weighted by Crippen LogP contribution is -2.36. The molecule has 1 aliphatic carbocycles. The molecule has 2 aliphatic rings. The number of fused-ring (bicyclic) bond motifs is 4. The Labute approximate surface area is 208 Å². The first-order valence-electron chi connectivity index (χ1n) is 12.4. The molecule has 1 aromatic carbocycles. The number of nitrogens with one attached hydrogen (secondary N) is 1. The van der Waals surface area contributed by atoms with Crippen molar-refractivity contribution < 1.29 is 4.74 Å². The number of thiophene rings is 1. The van der Waals surface area contributed by atoms with Crippen molar-refractivity contribution in [2.75, 3.05) is 38.3 Å². The molecule has 182 valence electrons. The maximum absolute atomic E-state index is 12.6. The molecule has 6 rings (SSSR count). The topological polar surface area (TPSA) is 87.2 Å². The Morgan fingerprint density at radius 1 is 1.20 bits per heavy atom. The molecule has 0 amide bonds. The van der Waals surface area contributed by atoms with Crippen LogP contribution in [0, 0.1) is 5.92 Å². The van der Waals surface area contributed by atoms with Crippen LogP contribution in [0.2, 0.25) is 0 Å². The van der Waals surface area contributed by atoms with Crippen LogP contribution < -0.4 is 10.5 Å². The number of nitrogens with zero attached hydrogens (tertiary/aromatic N) is 5. The number of aryl methyl sites for hydroxylation is 1. The lowest BCUT2D eigenvalue weighted by atomic mass is 9.89. The van der Waals surface area contributed by atoms with Gasteiger partial charge in [-0.05, 0) is 42.9 Å². The zero-order valence-electron chi connectivity index (χ0n) is 20.2. The first-order chi connectivity index (χ1) is 17.0. The Balaban J connectivity index is 1.40. The lowest BCUT2D eigenvalue weighted by molar-refractivity contribution is 0.0331. The number of anilines is 1. The van der Waals surface area contributed by atoms with Gasteiger partial charge in [-0.25, -0.2) is 15.0 Å². The van der Waals surface area contributed by atoms with Gasteiger partial charge in [0.05, 0.1) is 42.6 Å². The molecule has 0 radical (unpaired) electrons. The van der Waals surface area contributed by atoms with E-state index in [1.165, 1.54) is 22.2 Å². The second-order valence-corrected chi connectivity index (χ2v) is 10.9. The van der Waals surface area contributed by atoms with Crippen LogP contribution in [0.15, 0.2) is 29.1 Å². The van der Waals surface area contributed by atoms with Gasteiger partial charge in [0, 0.05) is 25.0 Å². The van der Waals surface area contributed by atoms with Crippen molar-refractivity contribution >= 4 is 38.3 Å². The van der Waals surface area contributed by atoms with Crippen LogP contribution in [0.3, 0.4) is 0 Å². The number of hydrogen-bond donors (Lipinski definition) is 1. The van der Waals surface area contributed by atoms with Crippen molar-refractivity contribution in [2.24, 2.45) is 5.92 Å². The third-order valence-electron chi connectivity index (χ3n) is 7.06. The molecule has 8 nitrogen and oxygen atoms in total. The number of ether oxygens (including phenoxy) is 1. The maximum Gasteiger partial charge on any atom is 0.258 e. The Morgan fingerprint density at radius 3 is 2.89 bits per heavy atom. The van der Waals surface area contributed by atoms with Crippen molar-refractivity contribution in [3.63, 3.8) is 0 Å². The second-order valence-electron chi connectivity index (χ2n) is 9.77. The van der Waals surface area contributed by atoms with Gasteiger partial charge in [-0.1, -0.05) is 19.1 Å². The maximum atomic E-state index is 12.6. The third-order valence-corrected chi connectivity index (χ3v) is 8.21. The highest BCUT2D eigenvalue weighted by atomic mass is 32.1. The number of aromatic nitrogens is 4. The third kappa shape index (κ3) is 4.44. The highest BCUT2D eigenvalue weighted by Gasteiger charge is 2.26. The summed E-state index contributed by atoms with van der Waals surface area (Å²) in [6, 6.07) is 7.46. The largest absolute Gasteiger partial charge is 0.379 e. The van der Waals surface area contributed by atoms with E-state index in [1.54, 1.807) is 6.07 Å². The van der Waals surface area contributed by atoms with E-state index in [1.807, 2.05) is 36.6 Å². The van der Waals surface area contributed by atoms with E-state index < -0.39 is 0 Å². The van der Waals surface area contributed by atoms with E-state index in [-0.39, 0.29) is 5.56 Å². The number of hydrogen-bond acceptors (Lipinski definition) is 8. The first kappa shape index (κ1) is 22.6. The van der Waals surface area contributed by atoms with E-state index in [9.17, 15) is 4.79 Å². The van der Waals surface area contributed by atoms with Gasteiger partial charge in [-0.3, -0.25) is 9.69 Å². The van der Waals surface area contributed by atoms with Gasteiger partial charge in [0.25, 0.3) is 5.56 Å². The smallest absolute Gasteiger partial charge is 0.258 e. The molecule has 9 heteroatoms. The predicted octanol–water partition coefficient (Wildman–Crippen LogP) is 3.52. The fourth-order valence-electron chi connectivity index (χ4n) is 5.18. The molecule has 1 atom stereocenters. The first-order valence-corrected chi connectivity index (χ1v) is 13.2. The summed E-state index contributed by atoms with van der Waals surface area (Å²) in [6.07, 6.45) is 3.36. The fraction of sp³-hybridized carbons (Fsp3) is 0.462. The van der Waals surface area contributed by atoms with Crippen molar-refractivity contribution in [1.82, 2.24) is 24.8 Å². The Kier molecular flexibility index (Phi) is 5.99. The second kappa shape index (κ2) is 9.29. The molecule has 4 heterocycles. The number of H-pyrrole nitrogens is 1. The Bertz CT molecular complexity index is 1440. The molecule has 35 heavy (non-hydrogen) atoms. The predicted molar refractivity (Wildman–Crippen MR) is 139 cm³/mol. The van der Waals surface area contributed by atoms with Crippen molar-refractivity contribution in [3.8, 4) is 0 Å². The SMILES string of the molecule is C[C@@H]1CCc2c(sc3nc(CN4CCOCC4)nc(N(C)Cc4nc5ccccc5c(=O)[nH]4)c23)C1. The zero-order valence-corrected chi connectivity index (χ0v) is 21.0. The average molecular weight is 491 g/mol. The average Bonchev–Trinajstić information content (AvgIpc) is 3.21. The van der Waals surface area contributed by atoms with Gasteiger partial charge < -0.3 is 14.6 Å². The molecule has 0 spiro atoms. The van der Waals surface area contributed by atoms with Crippen molar-refractivity contribution in [2.45, 2.75) is 39.3 Å². The zero-order chi connectivity index (χ0) is 23.9. The minimum Gasteiger partial charge on any atom is -0.379 e. The van der Waals surface area contributed by atoms with Crippen LogP contribution in [0.25, 0.3) is 21.1 Å². The molecule has 0 unspecified atom stereocenters. The van der Waals surface area contributed by atoms with Gasteiger partial charge in [0.15, 0.2) is 0 Å². The summed E-state index contributed by atoms with van der Waals surface area (Å²) in [4.78, 5) is 37.4. The summed E-state index contributed by atoms with van der Waals surface area (Å²) in [7, 11) is 2.03. The summed E-state index contributed by atoms with van der Waals surface area (Å²) < 4.78 is 5.52. The van der Waals surface area contributed by atoms with E-state index in [0.29, 0.717) is 35.7 Å². The molecular weight excluding hydrogens is 460 g/mol. The number of benzene rings is 1. The molecule has 0 bridgehead atoms. The number of rotatable bonds is 5. The molecular formula is C26H30N6O2S. The minimum atomic E-state index is -0.109. The highest BCUT2D eigenvalue weighted by molar-refractivity contribution is 7.19. The Morgan fingerprint density at radius 2 is 2.03 bits per heavy atom. The summed E-state index contributed by atoms with van der Waals surface area (Å²) in [5, 5.41) is 1.78. The fourth-order valence-corrected chi connectivity index (χ4v) is 6.58. The summed E-state index contributed by atoms with van der Waals surface area (Å²) in [5.74, 6) is 3.11. The van der Waals surface area contributed by atoms with E-state index in [4.69, 9.17) is 19.7 Å². The molecule has 1 fully saturated rings. The Hall–Kier alpha value is -2.88. The van der Waals surface area contributed by atoms with Crippen LogP contribution in [-0.4, -0.2) is 58.2 Å². The van der Waals surface area contributed by atoms with Crippen LogP contribution in [0.1, 0.15) is 35.4 Å². The molecule has 3 aromatic heterocycles. The number of morpholine rings is 1. The van der Waals surface area contributed by atoms with Gasteiger partial charge >= 0.3 is 0 Å². The van der Waals surface area contributed by atoms with Gasteiger partial charge in [0.2, 0.25) is 0 Å². The van der Waals surface area contributed by atoms with Gasteiger partial charge in [-0.2, -0.15) is 0 Å². The normalized spacial score (nSPS) is 18.7. The summed E-state index contributed by atoms with van der Waals surface area (Å²) in [5.41, 5.74) is 2.01. The van der Waals surface area contributed by atoms with Gasteiger partial charge in [0.1, 0.15) is 22.3 Å². The molecule has 0 saturated carbocycles. The quantitative estimate of drug-likeness (QED) is 0.458. The van der Waals surface area contributed by atoms with Crippen LogP contribution in [-0.2, 0) is 30.7 Å². The van der Waals surface area contributed by atoms with E-state index in [0.717, 1.165) is 55.6 Å². The molecule has 1 saturated heterocycles. The van der Waals surface area contributed by atoms with Crippen LogP contribution in [0.4, 0.5) is 5.82 Å². The molecule has 1 aliphatic heterocycles. The standard InChI is InChI=1S/C26H30N6O2S/c1-16-7-8-18-20(13-16)35-26-23(18)24(28-22(30-26)15-32-9-11-34-12-10-32)31(2)14-21-27-19-6-4-3-5-17(19)25(33)29-21/h3-6,16H,7-15H2,1-2H3,(H,27,29,33)/t16-/m1/s1. The van der Waals surface area contributed by atoms with Gasteiger partial charge in [-0.15, -0.1) is 11.3 Å². The van der Waals surface area contributed by atoms with Crippen molar-refractivity contribution in [3.05, 3.63) is 56.7 Å². The monoisotopic (exact) mass is 490 g/mol. The van der Waals surface area contributed by atoms with E-state index in [2.05, 4.69) is 21.7 Å². The highest BCUT2D eigenvalue weighted by Crippen LogP contribution is 2.41. The summed E-state index contributed by atoms with van der Waals surface area (Å²) >= 11 is 1.83. The number of aromatic amines is 1. The van der Waals surface area contributed by atoms with Crippen LogP contribution >= 0.6 is 11.3 Å². The van der Waals surface area contributed by atoms with Crippen molar-refractivity contribution in [1.29, 1.82) is 0 Å². The molecule has 4 aromatic rings.